The number of hydrogen-bond donors (Lipinski definition) is 1. The maximum Gasteiger partial charge on any atom is 0.416 e. The number of carbonyl (C=O) groups is 3. The lowest BCUT2D eigenvalue weighted by Gasteiger charge is -2.30. The van der Waals surface area contributed by atoms with Crippen LogP contribution in [0.15, 0.2) is 45.3 Å². The van der Waals surface area contributed by atoms with Gasteiger partial charge in [0.2, 0.25) is 5.91 Å². The molecule has 1 saturated heterocycles. The van der Waals surface area contributed by atoms with E-state index in [1.807, 2.05) is 44.2 Å². The third-order valence-corrected chi connectivity index (χ3v) is 8.23. The van der Waals surface area contributed by atoms with Crippen molar-refractivity contribution in [1.29, 1.82) is 0 Å². The number of aryl methyl sites for hydroxylation is 1. The molecule has 2 aromatic rings. The Balaban J connectivity index is 1.79. The van der Waals surface area contributed by atoms with E-state index in [-0.39, 0.29) is 25.6 Å². The Morgan fingerprint density at radius 2 is 1.68 bits per heavy atom. The van der Waals surface area contributed by atoms with Gasteiger partial charge in [0.15, 0.2) is 6.10 Å². The minimum atomic E-state index is -1.02. The number of aliphatic hydroxyl groups is 1. The third kappa shape index (κ3) is 9.70. The van der Waals surface area contributed by atoms with Gasteiger partial charge in [-0.2, -0.15) is 0 Å². The van der Waals surface area contributed by atoms with Crippen molar-refractivity contribution in [3.8, 4) is 0 Å². The van der Waals surface area contributed by atoms with E-state index in [0.29, 0.717) is 12.2 Å². The number of unbranched alkanes of at least 4 members (excludes halogenated alkanes) is 7. The zero-order valence-corrected chi connectivity index (χ0v) is 26.1. The number of amides is 2. The summed E-state index contributed by atoms with van der Waals surface area (Å²) < 4.78 is 18.1. The molecule has 0 unspecified atom stereocenters. The fraction of sp³-hybridized carbons (Fsp3) is 0.594. The van der Waals surface area contributed by atoms with Gasteiger partial charge in [-0.3, -0.25) is 9.59 Å². The van der Waals surface area contributed by atoms with Crippen molar-refractivity contribution in [2.24, 2.45) is 11.8 Å². The minimum Gasteiger partial charge on any atom is -0.461 e. The first-order valence-corrected chi connectivity index (χ1v) is 15.6. The number of halogens is 1. The van der Waals surface area contributed by atoms with Crippen molar-refractivity contribution in [2.75, 3.05) is 13.2 Å². The van der Waals surface area contributed by atoms with E-state index < -0.39 is 36.0 Å². The number of ether oxygens (including phenoxy) is 2. The molecule has 2 amide bonds. The number of nitrogens with zero attached hydrogens (tertiary/aromatic N) is 1. The van der Waals surface area contributed by atoms with Crippen molar-refractivity contribution in [3.63, 3.8) is 0 Å². The monoisotopic (exact) mass is 633 g/mol. The quantitative estimate of drug-likeness (QED) is 0.145. The van der Waals surface area contributed by atoms with E-state index in [0.717, 1.165) is 54.3 Å². The van der Waals surface area contributed by atoms with Crippen LogP contribution in [0.4, 0.5) is 4.79 Å². The molecule has 1 fully saturated rings. The first-order valence-electron chi connectivity index (χ1n) is 14.8. The molecule has 9 heteroatoms. The van der Waals surface area contributed by atoms with Crippen LogP contribution in [0.3, 0.4) is 0 Å². The summed E-state index contributed by atoms with van der Waals surface area (Å²) in [7, 11) is 0. The Kier molecular flexibility index (Phi) is 13.4. The second kappa shape index (κ2) is 16.7. The molecule has 1 aliphatic rings. The van der Waals surface area contributed by atoms with Crippen LogP contribution in [-0.4, -0.2) is 47.2 Å². The summed E-state index contributed by atoms with van der Waals surface area (Å²) in [5.41, 5.74) is 0.874. The van der Waals surface area contributed by atoms with Crippen LogP contribution in [0.25, 0.3) is 0 Å². The van der Waals surface area contributed by atoms with E-state index >= 15 is 0 Å². The largest absolute Gasteiger partial charge is 0.461 e. The highest BCUT2D eigenvalue weighted by Gasteiger charge is 2.46. The molecule has 1 aromatic heterocycles. The number of rotatable bonds is 17. The molecule has 1 aromatic carbocycles. The van der Waals surface area contributed by atoms with E-state index in [9.17, 15) is 14.4 Å². The molecule has 0 radical (unpaired) electrons. The van der Waals surface area contributed by atoms with Crippen molar-refractivity contribution in [1.82, 2.24) is 4.90 Å². The fourth-order valence-corrected chi connectivity index (χ4v) is 5.77. The van der Waals surface area contributed by atoms with Crippen molar-refractivity contribution in [3.05, 3.63) is 58.0 Å². The van der Waals surface area contributed by atoms with Gasteiger partial charge < -0.3 is 19.0 Å². The molecule has 41 heavy (non-hydrogen) atoms. The standard InChI is InChI=1S/C32H44BrNO7/c1-22(2)27-21-39-32(38)34(27)31(37)25(19-24-15-11-10-12-16-24)30(40-23(3)36)29-20-26(33)28(41-29)17-13-8-6-4-5-7-9-14-18-35/h10-12,15-16,20,22,25,27,30,35H,4-9,13-14,17-19,21H2,1-3H3/t25-,27+,30-/m0/s1. The number of carbonyl (C=O) groups excluding carboxylic acids is 3. The molecular formula is C32H44BrNO7. The number of aliphatic hydroxyl groups excluding tert-OH is 1. The van der Waals surface area contributed by atoms with Gasteiger partial charge in [0.25, 0.3) is 0 Å². The maximum atomic E-state index is 14.1. The summed E-state index contributed by atoms with van der Waals surface area (Å²) >= 11 is 3.60. The van der Waals surface area contributed by atoms with Crippen LogP contribution < -0.4 is 0 Å². The van der Waals surface area contributed by atoms with Crippen molar-refractivity contribution < 1.29 is 33.4 Å². The van der Waals surface area contributed by atoms with Crippen LogP contribution in [-0.2, 0) is 31.9 Å². The lowest BCUT2D eigenvalue weighted by molar-refractivity contribution is -0.155. The van der Waals surface area contributed by atoms with Gasteiger partial charge in [0.1, 0.15) is 18.1 Å². The SMILES string of the molecule is CC(=O)O[C@H](c1cc(Br)c(CCCCCCCCCCO)o1)[C@H](Cc1ccccc1)C(=O)N1C(=O)OC[C@@H]1C(C)C. The predicted molar refractivity (Wildman–Crippen MR) is 159 cm³/mol. The first-order chi connectivity index (χ1) is 19.7. The molecular weight excluding hydrogens is 590 g/mol. The minimum absolute atomic E-state index is 0.000138. The van der Waals surface area contributed by atoms with E-state index in [2.05, 4.69) is 15.9 Å². The molecule has 2 heterocycles. The summed E-state index contributed by atoms with van der Waals surface area (Å²) in [6.07, 6.45) is 7.87. The van der Waals surface area contributed by atoms with Crippen LogP contribution in [0.2, 0.25) is 0 Å². The topological polar surface area (TPSA) is 106 Å². The Hall–Kier alpha value is -2.65. The molecule has 0 saturated carbocycles. The second-order valence-corrected chi connectivity index (χ2v) is 12.0. The van der Waals surface area contributed by atoms with Gasteiger partial charge in [0, 0.05) is 20.0 Å². The van der Waals surface area contributed by atoms with Crippen molar-refractivity contribution >= 4 is 33.9 Å². The number of imide groups is 1. The van der Waals surface area contributed by atoms with Gasteiger partial charge in [-0.25, -0.2) is 9.69 Å². The number of benzene rings is 1. The van der Waals surface area contributed by atoms with E-state index in [1.165, 1.54) is 24.7 Å². The van der Waals surface area contributed by atoms with Crippen LogP contribution >= 0.6 is 15.9 Å². The molecule has 1 aliphatic heterocycles. The number of hydrogen-bond acceptors (Lipinski definition) is 7. The van der Waals surface area contributed by atoms with Gasteiger partial charge in [-0.05, 0) is 52.7 Å². The first kappa shape index (κ1) is 32.9. The normalized spacial score (nSPS) is 16.6. The Bertz CT molecular complexity index is 1120. The average molecular weight is 635 g/mol. The van der Waals surface area contributed by atoms with Gasteiger partial charge in [0.05, 0.1) is 16.4 Å². The molecule has 0 spiro atoms. The summed E-state index contributed by atoms with van der Waals surface area (Å²) in [6, 6.07) is 10.8. The fourth-order valence-electron chi connectivity index (χ4n) is 5.26. The molecule has 8 nitrogen and oxygen atoms in total. The Labute approximate surface area is 251 Å². The second-order valence-electron chi connectivity index (χ2n) is 11.1. The van der Waals surface area contributed by atoms with Gasteiger partial charge in [-0.1, -0.05) is 82.7 Å². The molecule has 3 atom stereocenters. The van der Waals surface area contributed by atoms with Gasteiger partial charge >= 0.3 is 12.1 Å². The molecule has 0 bridgehead atoms. The number of furan rings is 1. The average Bonchev–Trinajstić information content (AvgIpc) is 3.52. The highest BCUT2D eigenvalue weighted by molar-refractivity contribution is 9.10. The summed E-state index contributed by atoms with van der Waals surface area (Å²) in [6.45, 7) is 5.59. The summed E-state index contributed by atoms with van der Waals surface area (Å²) in [5.74, 6) is -0.780. The van der Waals surface area contributed by atoms with Crippen LogP contribution in [0.5, 0.6) is 0 Å². The number of esters is 1. The van der Waals surface area contributed by atoms with Gasteiger partial charge in [-0.15, -0.1) is 0 Å². The lowest BCUT2D eigenvalue weighted by Crippen LogP contribution is -2.47. The Morgan fingerprint density at radius 3 is 2.29 bits per heavy atom. The van der Waals surface area contributed by atoms with Crippen LogP contribution in [0.1, 0.15) is 95.3 Å². The third-order valence-electron chi connectivity index (χ3n) is 7.56. The zero-order valence-electron chi connectivity index (χ0n) is 24.5. The van der Waals surface area contributed by atoms with Crippen LogP contribution in [0, 0.1) is 11.8 Å². The summed E-state index contributed by atoms with van der Waals surface area (Å²) in [4.78, 5) is 40.3. The Morgan fingerprint density at radius 1 is 1.05 bits per heavy atom. The summed E-state index contributed by atoms with van der Waals surface area (Å²) in [5, 5.41) is 8.89. The maximum absolute atomic E-state index is 14.1. The van der Waals surface area contributed by atoms with E-state index in [1.54, 1.807) is 6.07 Å². The number of cyclic esters (lactones) is 1. The highest BCUT2D eigenvalue weighted by atomic mass is 79.9. The zero-order chi connectivity index (χ0) is 29.8. The van der Waals surface area contributed by atoms with E-state index in [4.69, 9.17) is 19.0 Å². The molecule has 226 valence electrons. The molecule has 0 aliphatic carbocycles. The lowest BCUT2D eigenvalue weighted by atomic mass is 9.90. The smallest absolute Gasteiger partial charge is 0.416 e. The molecule has 1 N–H and O–H groups in total. The highest BCUT2D eigenvalue weighted by Crippen LogP contribution is 2.37. The van der Waals surface area contributed by atoms with Crippen molar-refractivity contribution in [2.45, 2.75) is 97.1 Å². The molecule has 3 rings (SSSR count). The predicted octanol–water partition coefficient (Wildman–Crippen LogP) is 7.16.